The van der Waals surface area contributed by atoms with Gasteiger partial charge < -0.3 is 9.80 Å². The Morgan fingerprint density at radius 2 is 1.89 bits per heavy atom. The van der Waals surface area contributed by atoms with Gasteiger partial charge >= 0.3 is 0 Å². The predicted molar refractivity (Wildman–Crippen MR) is 104 cm³/mol. The van der Waals surface area contributed by atoms with Crippen molar-refractivity contribution in [3.63, 3.8) is 0 Å². The van der Waals surface area contributed by atoms with Crippen molar-refractivity contribution in [3.05, 3.63) is 70.4 Å². The van der Waals surface area contributed by atoms with Crippen LogP contribution >= 0.6 is 0 Å². The van der Waals surface area contributed by atoms with E-state index in [0.29, 0.717) is 5.39 Å². The van der Waals surface area contributed by atoms with E-state index in [0.717, 1.165) is 38.2 Å². The average Bonchev–Trinajstić information content (AvgIpc) is 3.11. The lowest BCUT2D eigenvalue weighted by molar-refractivity contribution is -0.917. The molecule has 0 atom stereocenters. The number of hydrogen-bond acceptors (Lipinski definition) is 4. The Hall–Kier alpha value is -3.26. The summed E-state index contributed by atoms with van der Waals surface area (Å²) in [7, 11) is 0. The van der Waals surface area contributed by atoms with Gasteiger partial charge in [0.25, 0.3) is 5.69 Å². The van der Waals surface area contributed by atoms with Crippen molar-refractivity contribution in [2.24, 2.45) is 0 Å². The molecule has 28 heavy (non-hydrogen) atoms. The summed E-state index contributed by atoms with van der Waals surface area (Å²) in [5.41, 5.74) is 2.07. The molecule has 4 rings (SSSR count). The summed E-state index contributed by atoms with van der Waals surface area (Å²) in [5.74, 6) is 0.0297. The molecule has 2 heterocycles. The predicted octanol–water partition coefficient (Wildman–Crippen LogP) is 0.872. The zero-order chi connectivity index (χ0) is 19.5. The second-order valence-corrected chi connectivity index (χ2v) is 7.10. The van der Waals surface area contributed by atoms with Crippen LogP contribution < -0.4 is 4.90 Å². The number of non-ortho nitro benzene ring substituents is 1. The van der Waals surface area contributed by atoms with E-state index in [9.17, 15) is 14.9 Å². The summed E-state index contributed by atoms with van der Waals surface area (Å²) >= 11 is 0. The number of carbonyl (C=O) groups is 1. The van der Waals surface area contributed by atoms with Crippen molar-refractivity contribution in [2.75, 3.05) is 26.2 Å². The topological polar surface area (TPSA) is 85.7 Å². The molecule has 1 aliphatic rings. The van der Waals surface area contributed by atoms with Gasteiger partial charge in [0.2, 0.25) is 5.91 Å². The van der Waals surface area contributed by atoms with E-state index in [1.807, 2.05) is 11.0 Å². The van der Waals surface area contributed by atoms with Crippen LogP contribution in [0.3, 0.4) is 0 Å². The molecule has 8 heteroatoms. The van der Waals surface area contributed by atoms with Crippen LogP contribution in [0.5, 0.6) is 0 Å². The number of nitro groups is 1. The summed E-state index contributed by atoms with van der Waals surface area (Å²) < 4.78 is 1.62. The van der Waals surface area contributed by atoms with Gasteiger partial charge in [-0.3, -0.25) is 19.6 Å². The molecule has 1 fully saturated rings. The Bertz CT molecular complexity index is 994. The van der Waals surface area contributed by atoms with Gasteiger partial charge in [0.05, 0.1) is 42.8 Å². The largest absolute Gasteiger partial charge is 0.330 e. The van der Waals surface area contributed by atoms with Crippen LogP contribution in [0, 0.1) is 10.1 Å². The molecule has 1 aromatic heterocycles. The van der Waals surface area contributed by atoms with E-state index in [1.165, 1.54) is 22.6 Å². The van der Waals surface area contributed by atoms with Crippen LogP contribution in [-0.4, -0.2) is 51.7 Å². The van der Waals surface area contributed by atoms with Crippen LogP contribution in [0.2, 0.25) is 0 Å². The molecule has 1 N–H and O–H groups in total. The second kappa shape index (κ2) is 7.77. The number of benzene rings is 2. The summed E-state index contributed by atoms with van der Waals surface area (Å²) in [6, 6.07) is 15.0. The minimum Gasteiger partial charge on any atom is -0.330 e. The SMILES string of the molecule is O=C(Cn1ncc2cc([N+](=O)[O-])ccc21)N1CC[NH+](Cc2ccccc2)CC1. The Morgan fingerprint density at radius 1 is 1.14 bits per heavy atom. The normalized spacial score (nSPS) is 15.1. The second-order valence-electron chi connectivity index (χ2n) is 7.10. The third kappa shape index (κ3) is 3.86. The molecule has 1 amide bonds. The highest BCUT2D eigenvalue weighted by Gasteiger charge is 2.24. The number of amides is 1. The average molecular weight is 380 g/mol. The van der Waals surface area contributed by atoms with Crippen molar-refractivity contribution >= 4 is 22.5 Å². The molecule has 8 nitrogen and oxygen atoms in total. The van der Waals surface area contributed by atoms with E-state index in [1.54, 1.807) is 16.9 Å². The van der Waals surface area contributed by atoms with Crippen LogP contribution in [0.25, 0.3) is 10.9 Å². The highest BCUT2D eigenvalue weighted by atomic mass is 16.6. The van der Waals surface area contributed by atoms with Gasteiger partial charge in [-0.2, -0.15) is 5.10 Å². The number of quaternary nitrogens is 1. The highest BCUT2D eigenvalue weighted by Crippen LogP contribution is 2.20. The number of aromatic nitrogens is 2. The monoisotopic (exact) mass is 380 g/mol. The van der Waals surface area contributed by atoms with Gasteiger partial charge in [-0.1, -0.05) is 30.3 Å². The molecule has 0 saturated carbocycles. The van der Waals surface area contributed by atoms with Gasteiger partial charge in [0.15, 0.2) is 0 Å². The maximum Gasteiger partial charge on any atom is 0.270 e. The quantitative estimate of drug-likeness (QED) is 0.526. The first-order valence-corrected chi connectivity index (χ1v) is 9.35. The zero-order valence-electron chi connectivity index (χ0n) is 15.5. The van der Waals surface area contributed by atoms with E-state index in [4.69, 9.17) is 0 Å². The van der Waals surface area contributed by atoms with Crippen LogP contribution in [0.1, 0.15) is 5.56 Å². The number of carbonyl (C=O) groups excluding carboxylic acids is 1. The third-order valence-corrected chi connectivity index (χ3v) is 5.24. The Balaban J connectivity index is 1.36. The lowest BCUT2D eigenvalue weighted by atomic mass is 10.2. The lowest BCUT2D eigenvalue weighted by Gasteiger charge is -2.32. The molecule has 144 valence electrons. The number of piperazine rings is 1. The Labute approximate surface area is 162 Å². The van der Waals surface area contributed by atoms with E-state index >= 15 is 0 Å². The van der Waals surface area contributed by atoms with Crippen molar-refractivity contribution in [1.82, 2.24) is 14.7 Å². The van der Waals surface area contributed by atoms with Gasteiger partial charge in [0, 0.05) is 23.1 Å². The smallest absolute Gasteiger partial charge is 0.270 e. The molecule has 3 aromatic rings. The first-order valence-electron chi connectivity index (χ1n) is 9.35. The minimum absolute atomic E-state index is 0.0240. The number of nitrogens with zero attached hydrogens (tertiary/aromatic N) is 4. The molecule has 1 aliphatic heterocycles. The van der Waals surface area contributed by atoms with E-state index < -0.39 is 4.92 Å². The van der Waals surface area contributed by atoms with Crippen LogP contribution in [0.4, 0.5) is 5.69 Å². The van der Waals surface area contributed by atoms with Gasteiger partial charge in [0.1, 0.15) is 13.1 Å². The molecule has 0 aliphatic carbocycles. The van der Waals surface area contributed by atoms with Gasteiger partial charge in [-0.25, -0.2) is 0 Å². The molecular weight excluding hydrogens is 358 g/mol. The summed E-state index contributed by atoms with van der Waals surface area (Å²) in [5, 5.41) is 15.8. The number of rotatable bonds is 5. The summed E-state index contributed by atoms with van der Waals surface area (Å²) in [6.07, 6.45) is 1.57. The molecule has 0 bridgehead atoms. The molecule has 0 spiro atoms. The Morgan fingerprint density at radius 3 is 2.61 bits per heavy atom. The number of nitrogens with one attached hydrogen (secondary N) is 1. The van der Waals surface area contributed by atoms with E-state index in [-0.39, 0.29) is 18.1 Å². The zero-order valence-corrected chi connectivity index (χ0v) is 15.5. The van der Waals surface area contributed by atoms with Crippen molar-refractivity contribution in [3.8, 4) is 0 Å². The first kappa shape index (κ1) is 18.1. The lowest BCUT2D eigenvalue weighted by Crippen LogP contribution is -3.13. The first-order chi connectivity index (χ1) is 13.6. The summed E-state index contributed by atoms with van der Waals surface area (Å²) in [6.45, 7) is 4.43. The highest BCUT2D eigenvalue weighted by molar-refractivity contribution is 5.83. The van der Waals surface area contributed by atoms with Gasteiger partial charge in [-0.15, -0.1) is 0 Å². The van der Waals surface area contributed by atoms with Crippen LogP contribution in [-0.2, 0) is 17.9 Å². The number of nitro benzene ring substituents is 1. The van der Waals surface area contributed by atoms with Crippen molar-refractivity contribution < 1.29 is 14.6 Å². The molecular formula is C20H22N5O3+. The molecule has 0 unspecified atom stereocenters. The maximum absolute atomic E-state index is 12.7. The van der Waals surface area contributed by atoms with Crippen molar-refractivity contribution in [2.45, 2.75) is 13.1 Å². The minimum atomic E-state index is -0.431. The fourth-order valence-electron chi connectivity index (χ4n) is 3.68. The fourth-order valence-corrected chi connectivity index (χ4v) is 3.68. The van der Waals surface area contributed by atoms with Crippen molar-refractivity contribution in [1.29, 1.82) is 0 Å². The number of fused-ring (bicyclic) bond motifs is 1. The molecule has 0 radical (unpaired) electrons. The molecule has 2 aromatic carbocycles. The van der Waals surface area contributed by atoms with Crippen LogP contribution in [0.15, 0.2) is 54.7 Å². The number of hydrogen-bond donors (Lipinski definition) is 1. The van der Waals surface area contributed by atoms with E-state index in [2.05, 4.69) is 29.4 Å². The molecule has 1 saturated heterocycles. The Kier molecular flexibility index (Phi) is 5.03. The third-order valence-electron chi connectivity index (χ3n) is 5.24. The van der Waals surface area contributed by atoms with Gasteiger partial charge in [-0.05, 0) is 6.07 Å². The standard InChI is InChI=1S/C20H21N5O3/c26-20(15-24-19-7-6-18(25(27)28)12-17(19)13-21-24)23-10-8-22(9-11-23)14-16-4-2-1-3-5-16/h1-7,12-13H,8-11,14-15H2/p+1. The summed E-state index contributed by atoms with van der Waals surface area (Å²) in [4.78, 5) is 26.5. The fraction of sp³-hybridized carbons (Fsp3) is 0.300. The maximum atomic E-state index is 12.7.